The van der Waals surface area contributed by atoms with E-state index in [0.717, 1.165) is 0 Å². The summed E-state index contributed by atoms with van der Waals surface area (Å²) in [5, 5.41) is 12.3. The molecule has 0 heterocycles. The molecule has 22 heavy (non-hydrogen) atoms. The van der Waals surface area contributed by atoms with Crippen LogP contribution in [0.3, 0.4) is 0 Å². The second kappa shape index (κ2) is 6.79. The summed E-state index contributed by atoms with van der Waals surface area (Å²) < 4.78 is 15.1. The van der Waals surface area contributed by atoms with Gasteiger partial charge < -0.3 is 10.4 Å². The molecule has 0 bridgehead atoms. The maximum absolute atomic E-state index is 12.1. The highest BCUT2D eigenvalue weighted by atomic mass is 32.2. The summed E-state index contributed by atoms with van der Waals surface area (Å²) in [7, 11) is -1.29. The van der Waals surface area contributed by atoms with Crippen LogP contribution in [-0.4, -0.2) is 26.9 Å². The van der Waals surface area contributed by atoms with Crippen molar-refractivity contribution < 1.29 is 14.1 Å². The third kappa shape index (κ3) is 5.77. The van der Waals surface area contributed by atoms with Crippen LogP contribution in [0.4, 0.5) is 5.69 Å². The van der Waals surface area contributed by atoms with Crippen LogP contribution in [0.15, 0.2) is 29.2 Å². The van der Waals surface area contributed by atoms with Gasteiger partial charge in [-0.1, -0.05) is 20.8 Å². The Morgan fingerprint density at radius 3 is 1.95 bits per heavy atom. The highest BCUT2D eigenvalue weighted by Gasteiger charge is 2.31. The molecule has 1 rings (SSSR count). The van der Waals surface area contributed by atoms with Gasteiger partial charge in [0.2, 0.25) is 0 Å². The standard InChI is InChI=1S/C16H26N2O3S/c1-15(2,3)13(14(19)20)17-11-7-9-12(10-8-11)22(21)18-16(4,5)6/h7-10,13,17-18H,1-6H3,(H,19,20). The van der Waals surface area contributed by atoms with Crippen LogP contribution in [0, 0.1) is 5.41 Å². The Balaban J connectivity index is 2.85. The number of benzene rings is 1. The largest absolute Gasteiger partial charge is 0.480 e. The molecular formula is C16H26N2O3S. The molecule has 6 heteroatoms. The minimum Gasteiger partial charge on any atom is -0.480 e. The molecule has 1 aromatic rings. The topological polar surface area (TPSA) is 78.4 Å². The number of carboxylic acid groups (broad SMARTS) is 1. The van der Waals surface area contributed by atoms with E-state index >= 15 is 0 Å². The third-order valence-electron chi connectivity index (χ3n) is 2.89. The van der Waals surface area contributed by atoms with Gasteiger partial charge in [-0.15, -0.1) is 0 Å². The lowest BCUT2D eigenvalue weighted by molar-refractivity contribution is -0.140. The van der Waals surface area contributed by atoms with Gasteiger partial charge in [0.05, 0.1) is 4.90 Å². The average Bonchev–Trinajstić information content (AvgIpc) is 2.32. The Morgan fingerprint density at radius 1 is 1.09 bits per heavy atom. The number of hydrogen-bond acceptors (Lipinski definition) is 3. The van der Waals surface area contributed by atoms with Gasteiger partial charge in [-0.05, 0) is 50.5 Å². The first kappa shape index (κ1) is 18.6. The lowest BCUT2D eigenvalue weighted by Crippen LogP contribution is -2.41. The van der Waals surface area contributed by atoms with Gasteiger partial charge >= 0.3 is 5.97 Å². The minimum absolute atomic E-state index is 0.248. The highest BCUT2D eigenvalue weighted by Crippen LogP contribution is 2.24. The summed E-state index contributed by atoms with van der Waals surface area (Å²) in [6.45, 7) is 11.4. The number of aliphatic carboxylic acids is 1. The molecule has 0 aliphatic carbocycles. The fraction of sp³-hybridized carbons (Fsp3) is 0.562. The number of anilines is 1. The van der Waals surface area contributed by atoms with E-state index < -0.39 is 28.4 Å². The van der Waals surface area contributed by atoms with E-state index in [0.29, 0.717) is 10.6 Å². The van der Waals surface area contributed by atoms with Gasteiger partial charge in [-0.2, -0.15) is 0 Å². The first-order valence-corrected chi connectivity index (χ1v) is 8.34. The quantitative estimate of drug-likeness (QED) is 0.777. The van der Waals surface area contributed by atoms with Crippen molar-refractivity contribution >= 4 is 22.6 Å². The van der Waals surface area contributed by atoms with Gasteiger partial charge in [0.15, 0.2) is 0 Å². The first-order chi connectivity index (χ1) is 9.90. The van der Waals surface area contributed by atoms with Crippen molar-refractivity contribution in [2.24, 2.45) is 5.41 Å². The molecule has 124 valence electrons. The van der Waals surface area contributed by atoms with Gasteiger partial charge in [-0.25, -0.2) is 13.7 Å². The van der Waals surface area contributed by atoms with Crippen molar-refractivity contribution in [1.82, 2.24) is 4.72 Å². The van der Waals surface area contributed by atoms with Crippen LogP contribution >= 0.6 is 0 Å². The molecule has 2 atom stereocenters. The molecule has 0 saturated heterocycles. The van der Waals surface area contributed by atoms with Crippen molar-refractivity contribution in [3.05, 3.63) is 24.3 Å². The number of hydrogen-bond donors (Lipinski definition) is 3. The lowest BCUT2D eigenvalue weighted by Gasteiger charge is -2.28. The Bertz CT molecular complexity index is 542. The van der Waals surface area contributed by atoms with Crippen LogP contribution in [0.5, 0.6) is 0 Å². The molecule has 0 amide bonds. The second-order valence-corrected chi connectivity index (χ2v) is 8.64. The highest BCUT2D eigenvalue weighted by molar-refractivity contribution is 7.83. The molecule has 0 fully saturated rings. The van der Waals surface area contributed by atoms with Crippen molar-refractivity contribution in [2.45, 2.75) is 58.0 Å². The summed E-state index contributed by atoms with van der Waals surface area (Å²) in [5.41, 5.74) is 0.0302. The Kier molecular flexibility index (Phi) is 5.76. The van der Waals surface area contributed by atoms with Crippen molar-refractivity contribution in [3.8, 4) is 0 Å². The van der Waals surface area contributed by atoms with Crippen molar-refractivity contribution in [2.75, 3.05) is 5.32 Å². The average molecular weight is 326 g/mol. The maximum atomic E-state index is 12.1. The molecule has 0 aliphatic heterocycles. The predicted octanol–water partition coefficient (Wildman–Crippen LogP) is 3.01. The van der Waals surface area contributed by atoms with E-state index in [9.17, 15) is 14.1 Å². The van der Waals surface area contributed by atoms with E-state index in [1.807, 2.05) is 41.5 Å². The zero-order valence-electron chi connectivity index (χ0n) is 14.1. The molecular weight excluding hydrogens is 300 g/mol. The van der Waals surface area contributed by atoms with E-state index in [-0.39, 0.29) is 5.54 Å². The summed E-state index contributed by atoms with van der Waals surface area (Å²) >= 11 is 0. The zero-order chi connectivity index (χ0) is 17.1. The fourth-order valence-electron chi connectivity index (χ4n) is 1.83. The first-order valence-electron chi connectivity index (χ1n) is 7.19. The second-order valence-electron chi connectivity index (χ2n) is 7.43. The smallest absolute Gasteiger partial charge is 0.326 e. The van der Waals surface area contributed by atoms with E-state index in [1.54, 1.807) is 24.3 Å². The number of carbonyl (C=O) groups is 1. The van der Waals surface area contributed by atoms with Gasteiger partial charge in [0, 0.05) is 11.2 Å². The monoisotopic (exact) mass is 326 g/mol. The predicted molar refractivity (Wildman–Crippen MR) is 90.2 cm³/mol. The molecule has 0 spiro atoms. The molecule has 2 unspecified atom stereocenters. The zero-order valence-corrected chi connectivity index (χ0v) is 14.9. The lowest BCUT2D eigenvalue weighted by atomic mass is 9.86. The van der Waals surface area contributed by atoms with Gasteiger partial charge in [0.25, 0.3) is 0 Å². The molecule has 3 N–H and O–H groups in total. The van der Waals surface area contributed by atoms with Crippen LogP contribution in [-0.2, 0) is 15.8 Å². The summed E-state index contributed by atoms with van der Waals surface area (Å²) in [6.07, 6.45) is 0. The summed E-state index contributed by atoms with van der Waals surface area (Å²) in [6, 6.07) is 6.27. The Hall–Kier alpha value is -1.40. The molecule has 0 saturated carbocycles. The normalized spacial score (nSPS) is 15.2. The number of nitrogens with one attached hydrogen (secondary N) is 2. The molecule has 1 aromatic carbocycles. The summed E-state index contributed by atoms with van der Waals surface area (Å²) in [4.78, 5) is 12.0. The van der Waals surface area contributed by atoms with E-state index in [4.69, 9.17) is 0 Å². The number of rotatable bonds is 5. The minimum atomic E-state index is -1.29. The Morgan fingerprint density at radius 2 is 1.59 bits per heavy atom. The maximum Gasteiger partial charge on any atom is 0.326 e. The molecule has 0 aromatic heterocycles. The van der Waals surface area contributed by atoms with Crippen molar-refractivity contribution in [1.29, 1.82) is 0 Å². The fourth-order valence-corrected chi connectivity index (χ4v) is 2.88. The van der Waals surface area contributed by atoms with E-state index in [1.165, 1.54) is 0 Å². The number of carboxylic acids is 1. The van der Waals surface area contributed by atoms with Crippen molar-refractivity contribution in [3.63, 3.8) is 0 Å². The van der Waals surface area contributed by atoms with Gasteiger partial charge in [-0.3, -0.25) is 0 Å². The third-order valence-corrected chi connectivity index (χ3v) is 4.39. The molecule has 0 radical (unpaired) electrons. The molecule has 0 aliphatic rings. The molecule has 5 nitrogen and oxygen atoms in total. The SMILES string of the molecule is CC(C)(C)NS(=O)c1ccc(NC(C(=O)O)C(C)(C)C)cc1. The van der Waals surface area contributed by atoms with Crippen LogP contribution in [0.1, 0.15) is 41.5 Å². The van der Waals surface area contributed by atoms with Crippen LogP contribution in [0.2, 0.25) is 0 Å². The van der Waals surface area contributed by atoms with Crippen LogP contribution in [0.25, 0.3) is 0 Å². The van der Waals surface area contributed by atoms with Crippen LogP contribution < -0.4 is 10.0 Å². The Labute approximate surface area is 135 Å². The van der Waals surface area contributed by atoms with E-state index in [2.05, 4.69) is 10.0 Å². The van der Waals surface area contributed by atoms with Gasteiger partial charge in [0.1, 0.15) is 17.0 Å². The summed E-state index contributed by atoms with van der Waals surface area (Å²) in [5.74, 6) is -0.894.